The van der Waals surface area contributed by atoms with Gasteiger partial charge in [-0.3, -0.25) is 4.79 Å². The van der Waals surface area contributed by atoms with Gasteiger partial charge in [0.2, 0.25) is 0 Å². The minimum Gasteiger partial charge on any atom is -0.480 e. The van der Waals surface area contributed by atoms with Crippen molar-refractivity contribution in [3.05, 3.63) is 12.2 Å². The van der Waals surface area contributed by atoms with Crippen LogP contribution in [0.25, 0.3) is 0 Å². The van der Waals surface area contributed by atoms with Crippen LogP contribution in [0, 0.1) is 0 Å². The van der Waals surface area contributed by atoms with E-state index in [0.29, 0.717) is 0 Å². The molecule has 0 aromatic rings. The van der Waals surface area contributed by atoms with Crippen molar-refractivity contribution in [1.82, 2.24) is 5.32 Å². The van der Waals surface area contributed by atoms with E-state index < -0.39 is 30.1 Å². The summed E-state index contributed by atoms with van der Waals surface area (Å²) in [7, 11) is 1.19. The Morgan fingerprint density at radius 1 is 1.29 bits per heavy atom. The number of carbonyl (C=O) groups excluding carboxylic acids is 2. The number of hydrogen-bond donors (Lipinski definition) is 2. The Balaban J connectivity index is 2.36. The zero-order chi connectivity index (χ0) is 12.8. The second-order valence-electron chi connectivity index (χ2n) is 3.45. The van der Waals surface area contributed by atoms with Crippen molar-refractivity contribution >= 4 is 17.9 Å². The molecule has 0 amide bonds. The standard InChI is InChI=1S/C10H13NO6/c1-16-8(12)2-3-9(13)17-6-4-7(10(14)15)11-5-6/h2-3,6-7,11H,4-5H2,1H3,(H,14,15)/b3-2+/t6-,7+/m1/s1. The summed E-state index contributed by atoms with van der Waals surface area (Å²) in [5.41, 5.74) is 0. The highest BCUT2D eigenvalue weighted by atomic mass is 16.5. The van der Waals surface area contributed by atoms with Gasteiger partial charge in [0.05, 0.1) is 7.11 Å². The molecule has 0 aliphatic carbocycles. The van der Waals surface area contributed by atoms with Crippen LogP contribution in [0.4, 0.5) is 0 Å². The largest absolute Gasteiger partial charge is 0.480 e. The SMILES string of the molecule is COC(=O)/C=C/C(=O)O[C@H]1CN[C@H](C(=O)O)C1. The Labute approximate surface area is 97.4 Å². The lowest BCUT2D eigenvalue weighted by atomic mass is 10.2. The number of aliphatic carboxylic acids is 1. The summed E-state index contributed by atoms with van der Waals surface area (Å²) in [4.78, 5) is 32.5. The van der Waals surface area contributed by atoms with Crippen LogP contribution in [0.15, 0.2) is 12.2 Å². The maximum absolute atomic E-state index is 11.2. The number of carboxylic acid groups (broad SMARTS) is 1. The summed E-state index contributed by atoms with van der Waals surface area (Å²) in [5.74, 6) is -2.34. The van der Waals surface area contributed by atoms with Crippen LogP contribution >= 0.6 is 0 Å². The Morgan fingerprint density at radius 3 is 2.47 bits per heavy atom. The summed E-state index contributed by atoms with van der Waals surface area (Å²) < 4.78 is 9.22. The van der Waals surface area contributed by atoms with E-state index in [0.717, 1.165) is 12.2 Å². The first-order valence-electron chi connectivity index (χ1n) is 4.95. The fraction of sp³-hybridized carbons (Fsp3) is 0.500. The average molecular weight is 243 g/mol. The number of hydrogen-bond acceptors (Lipinski definition) is 6. The second kappa shape index (κ2) is 6.00. The van der Waals surface area contributed by atoms with Gasteiger partial charge >= 0.3 is 17.9 Å². The van der Waals surface area contributed by atoms with Gasteiger partial charge in [0.25, 0.3) is 0 Å². The topological polar surface area (TPSA) is 102 Å². The number of methoxy groups -OCH3 is 1. The van der Waals surface area contributed by atoms with E-state index in [4.69, 9.17) is 9.84 Å². The summed E-state index contributed by atoms with van der Waals surface area (Å²) in [6.07, 6.45) is 1.61. The lowest BCUT2D eigenvalue weighted by molar-refractivity contribution is -0.144. The van der Waals surface area contributed by atoms with Gasteiger partial charge in [-0.05, 0) is 0 Å². The first-order valence-corrected chi connectivity index (χ1v) is 4.95. The molecule has 7 nitrogen and oxygen atoms in total. The summed E-state index contributed by atoms with van der Waals surface area (Å²) in [5, 5.41) is 11.4. The maximum atomic E-state index is 11.2. The molecule has 1 heterocycles. The van der Waals surface area contributed by atoms with Gasteiger partial charge in [-0.1, -0.05) is 0 Å². The van der Waals surface area contributed by atoms with E-state index >= 15 is 0 Å². The van der Waals surface area contributed by atoms with E-state index in [1.54, 1.807) is 0 Å². The molecular weight excluding hydrogens is 230 g/mol. The Kier molecular flexibility index (Phi) is 4.65. The number of rotatable bonds is 4. The zero-order valence-corrected chi connectivity index (χ0v) is 9.21. The summed E-state index contributed by atoms with van der Waals surface area (Å²) >= 11 is 0. The predicted molar refractivity (Wildman–Crippen MR) is 55.1 cm³/mol. The van der Waals surface area contributed by atoms with E-state index in [-0.39, 0.29) is 13.0 Å². The number of carboxylic acids is 1. The maximum Gasteiger partial charge on any atom is 0.331 e. The Bertz CT molecular complexity index is 351. The van der Waals surface area contributed by atoms with Gasteiger partial charge in [0, 0.05) is 25.1 Å². The van der Waals surface area contributed by atoms with Crippen LogP contribution in [-0.2, 0) is 23.9 Å². The third kappa shape index (κ3) is 4.23. The Morgan fingerprint density at radius 2 is 1.94 bits per heavy atom. The minimum absolute atomic E-state index is 0.215. The number of carbonyl (C=O) groups is 3. The van der Waals surface area contributed by atoms with Crippen molar-refractivity contribution in [2.24, 2.45) is 0 Å². The van der Waals surface area contributed by atoms with Crippen LogP contribution in [0.5, 0.6) is 0 Å². The molecule has 94 valence electrons. The molecule has 0 unspecified atom stereocenters. The second-order valence-corrected chi connectivity index (χ2v) is 3.45. The molecule has 1 rings (SSSR count). The third-order valence-corrected chi connectivity index (χ3v) is 2.23. The third-order valence-electron chi connectivity index (χ3n) is 2.23. The molecule has 0 saturated carbocycles. The highest BCUT2D eigenvalue weighted by Crippen LogP contribution is 2.10. The van der Waals surface area contributed by atoms with Gasteiger partial charge in [0.1, 0.15) is 12.1 Å². The van der Waals surface area contributed by atoms with Crippen LogP contribution in [0.1, 0.15) is 6.42 Å². The molecule has 1 aliphatic rings. The Hall–Kier alpha value is -1.89. The highest BCUT2D eigenvalue weighted by Gasteiger charge is 2.31. The molecule has 0 spiro atoms. The molecule has 0 aromatic heterocycles. The molecule has 1 fully saturated rings. The van der Waals surface area contributed by atoms with Crippen molar-refractivity contribution in [1.29, 1.82) is 0 Å². The van der Waals surface area contributed by atoms with Crippen LogP contribution in [0.3, 0.4) is 0 Å². The van der Waals surface area contributed by atoms with E-state index in [1.807, 2.05) is 0 Å². The average Bonchev–Trinajstić information content (AvgIpc) is 2.74. The molecule has 0 aromatic carbocycles. The van der Waals surface area contributed by atoms with Crippen molar-refractivity contribution < 1.29 is 29.0 Å². The van der Waals surface area contributed by atoms with Crippen molar-refractivity contribution in [3.63, 3.8) is 0 Å². The van der Waals surface area contributed by atoms with Gasteiger partial charge < -0.3 is 19.9 Å². The minimum atomic E-state index is -0.978. The van der Waals surface area contributed by atoms with Crippen molar-refractivity contribution in [2.45, 2.75) is 18.6 Å². The van der Waals surface area contributed by atoms with Gasteiger partial charge in [0.15, 0.2) is 0 Å². The van der Waals surface area contributed by atoms with Crippen molar-refractivity contribution in [3.8, 4) is 0 Å². The molecule has 2 atom stereocenters. The molecule has 0 bridgehead atoms. The predicted octanol–water partition coefficient (Wildman–Crippen LogP) is -0.926. The van der Waals surface area contributed by atoms with Gasteiger partial charge in [-0.2, -0.15) is 0 Å². The molecule has 0 radical (unpaired) electrons. The van der Waals surface area contributed by atoms with Gasteiger partial charge in [-0.15, -0.1) is 0 Å². The van der Waals surface area contributed by atoms with E-state index in [9.17, 15) is 14.4 Å². The van der Waals surface area contributed by atoms with Gasteiger partial charge in [-0.25, -0.2) is 9.59 Å². The fourth-order valence-corrected chi connectivity index (χ4v) is 1.39. The highest BCUT2D eigenvalue weighted by molar-refractivity contribution is 5.91. The molecule has 1 aliphatic heterocycles. The fourth-order valence-electron chi connectivity index (χ4n) is 1.39. The van der Waals surface area contributed by atoms with Crippen LogP contribution < -0.4 is 5.32 Å². The molecular formula is C10H13NO6. The van der Waals surface area contributed by atoms with Crippen LogP contribution in [0.2, 0.25) is 0 Å². The molecule has 2 N–H and O–H groups in total. The molecule has 7 heteroatoms. The van der Waals surface area contributed by atoms with Crippen LogP contribution in [-0.4, -0.2) is 48.8 Å². The van der Waals surface area contributed by atoms with E-state index in [1.165, 1.54) is 7.11 Å². The normalized spacial score (nSPS) is 23.6. The monoisotopic (exact) mass is 243 g/mol. The molecule has 17 heavy (non-hydrogen) atoms. The lowest BCUT2D eigenvalue weighted by Gasteiger charge is -2.08. The number of ether oxygens (including phenoxy) is 2. The smallest absolute Gasteiger partial charge is 0.331 e. The number of esters is 2. The summed E-state index contributed by atoms with van der Waals surface area (Å²) in [6, 6.07) is -0.697. The lowest BCUT2D eigenvalue weighted by Crippen LogP contribution is -2.30. The summed E-state index contributed by atoms with van der Waals surface area (Å²) in [6.45, 7) is 0.286. The first kappa shape index (κ1) is 13.2. The number of nitrogens with one attached hydrogen (secondary N) is 1. The quantitative estimate of drug-likeness (QED) is 0.486. The van der Waals surface area contributed by atoms with E-state index in [2.05, 4.69) is 10.1 Å². The molecule has 1 saturated heterocycles. The zero-order valence-electron chi connectivity index (χ0n) is 9.21. The van der Waals surface area contributed by atoms with Crippen molar-refractivity contribution in [2.75, 3.05) is 13.7 Å². The first-order chi connectivity index (χ1) is 8.02.